The Hall–Kier alpha value is -0.780. The molecule has 2 N–H and O–H groups in total. The summed E-state index contributed by atoms with van der Waals surface area (Å²) in [7, 11) is 0. The lowest BCUT2D eigenvalue weighted by molar-refractivity contribution is -0.179. The van der Waals surface area contributed by atoms with E-state index in [0.29, 0.717) is 6.42 Å². The highest BCUT2D eigenvalue weighted by Gasteiger charge is 2.45. The number of carbonyl (C=O) groups is 1. The number of nitrogens with two attached hydrogens (primary N) is 1. The second-order valence-corrected chi connectivity index (χ2v) is 5.72. The molecule has 0 heterocycles. The van der Waals surface area contributed by atoms with E-state index in [1.165, 1.54) is 0 Å². The van der Waals surface area contributed by atoms with Crippen LogP contribution in [0.25, 0.3) is 0 Å². The minimum absolute atomic E-state index is 0.123. The van der Waals surface area contributed by atoms with E-state index in [2.05, 4.69) is 6.92 Å². The van der Waals surface area contributed by atoms with Crippen molar-refractivity contribution < 1.29 is 22.7 Å². The normalized spacial score (nSPS) is 15.0. The number of unbranched alkanes of at least 4 members (excludes halogenated alkanes) is 5. The standard InChI is InChI=1S/C15H28F3NO2/c1-4-5-6-7-8-9-10-12(13(19)15(16,17)18)14(20)21-11(2)3/h11-13H,4-10,19H2,1-3H3/t12-,13-/m1/s1. The molecule has 0 aromatic rings. The van der Waals surface area contributed by atoms with Gasteiger partial charge in [-0.15, -0.1) is 0 Å². The van der Waals surface area contributed by atoms with E-state index in [4.69, 9.17) is 10.5 Å². The molecule has 21 heavy (non-hydrogen) atoms. The maximum atomic E-state index is 12.7. The Labute approximate surface area is 125 Å². The van der Waals surface area contributed by atoms with Crippen molar-refractivity contribution in [1.29, 1.82) is 0 Å². The molecule has 2 atom stereocenters. The summed E-state index contributed by atoms with van der Waals surface area (Å²) in [5.74, 6) is -2.15. The zero-order chi connectivity index (χ0) is 16.5. The minimum Gasteiger partial charge on any atom is -0.463 e. The lowest BCUT2D eigenvalue weighted by Gasteiger charge is -2.25. The number of carbonyl (C=O) groups excluding carboxylic acids is 1. The molecule has 0 rings (SSSR count). The Morgan fingerprint density at radius 2 is 1.62 bits per heavy atom. The van der Waals surface area contributed by atoms with Gasteiger partial charge in [0, 0.05) is 0 Å². The van der Waals surface area contributed by atoms with Gasteiger partial charge in [-0.25, -0.2) is 0 Å². The van der Waals surface area contributed by atoms with Crippen LogP contribution in [0.1, 0.15) is 65.7 Å². The molecule has 0 bridgehead atoms. The maximum absolute atomic E-state index is 12.7. The number of hydrogen-bond acceptors (Lipinski definition) is 3. The van der Waals surface area contributed by atoms with Crippen LogP contribution in [0.5, 0.6) is 0 Å². The molecule has 0 unspecified atom stereocenters. The first-order chi connectivity index (χ1) is 9.70. The molecule has 0 aliphatic heterocycles. The van der Waals surface area contributed by atoms with Crippen molar-refractivity contribution >= 4 is 5.97 Å². The molecule has 0 aromatic heterocycles. The molecule has 126 valence electrons. The summed E-state index contributed by atoms with van der Waals surface area (Å²) in [5, 5.41) is 0. The van der Waals surface area contributed by atoms with Crippen molar-refractivity contribution in [1.82, 2.24) is 0 Å². The molecule has 0 aliphatic rings. The zero-order valence-electron chi connectivity index (χ0n) is 13.2. The number of ether oxygens (including phenoxy) is 1. The molecule has 0 aromatic carbocycles. The third-order valence-electron chi connectivity index (χ3n) is 3.33. The van der Waals surface area contributed by atoms with E-state index >= 15 is 0 Å². The van der Waals surface area contributed by atoms with Crippen LogP contribution in [0, 0.1) is 5.92 Å². The van der Waals surface area contributed by atoms with Gasteiger partial charge in [-0.3, -0.25) is 4.79 Å². The van der Waals surface area contributed by atoms with Crippen LogP contribution in [0.2, 0.25) is 0 Å². The summed E-state index contributed by atoms with van der Waals surface area (Å²) >= 11 is 0. The average molecular weight is 311 g/mol. The molecule has 0 radical (unpaired) electrons. The predicted molar refractivity (Wildman–Crippen MR) is 76.7 cm³/mol. The molecular weight excluding hydrogens is 283 g/mol. The summed E-state index contributed by atoms with van der Waals surface area (Å²) in [6, 6.07) is -2.15. The number of halogens is 3. The molecule has 3 nitrogen and oxygen atoms in total. The quantitative estimate of drug-likeness (QED) is 0.486. The molecule has 0 aliphatic carbocycles. The van der Waals surface area contributed by atoms with Crippen LogP contribution in [0.15, 0.2) is 0 Å². The van der Waals surface area contributed by atoms with Gasteiger partial charge in [0.2, 0.25) is 0 Å². The fourth-order valence-electron chi connectivity index (χ4n) is 2.14. The zero-order valence-corrected chi connectivity index (χ0v) is 13.2. The van der Waals surface area contributed by atoms with Crippen molar-refractivity contribution in [2.75, 3.05) is 0 Å². The fraction of sp³-hybridized carbons (Fsp3) is 0.933. The van der Waals surface area contributed by atoms with Gasteiger partial charge in [-0.1, -0.05) is 45.4 Å². The van der Waals surface area contributed by atoms with Crippen LogP contribution >= 0.6 is 0 Å². The van der Waals surface area contributed by atoms with Crippen molar-refractivity contribution in [3.8, 4) is 0 Å². The van der Waals surface area contributed by atoms with E-state index in [1.807, 2.05) is 0 Å². The maximum Gasteiger partial charge on any atom is 0.404 e. The molecule has 0 fully saturated rings. The van der Waals surface area contributed by atoms with Gasteiger partial charge in [0.15, 0.2) is 0 Å². The smallest absolute Gasteiger partial charge is 0.404 e. The Balaban J connectivity index is 4.42. The van der Waals surface area contributed by atoms with Gasteiger partial charge in [0.1, 0.15) is 6.04 Å². The Kier molecular flexibility index (Phi) is 9.66. The second-order valence-electron chi connectivity index (χ2n) is 5.72. The third kappa shape index (κ3) is 8.96. The van der Waals surface area contributed by atoms with Crippen molar-refractivity contribution in [3.63, 3.8) is 0 Å². The predicted octanol–water partition coefficient (Wildman–Crippen LogP) is 4.19. The van der Waals surface area contributed by atoms with Gasteiger partial charge >= 0.3 is 12.1 Å². The highest BCUT2D eigenvalue weighted by atomic mass is 19.4. The molecule has 0 amide bonds. The van der Waals surface area contributed by atoms with Gasteiger partial charge < -0.3 is 10.5 Å². The number of alkyl halides is 3. The van der Waals surface area contributed by atoms with Crippen molar-refractivity contribution in [2.45, 2.75) is 84.0 Å². The Morgan fingerprint density at radius 3 is 2.10 bits per heavy atom. The van der Waals surface area contributed by atoms with E-state index in [0.717, 1.165) is 32.1 Å². The third-order valence-corrected chi connectivity index (χ3v) is 3.33. The average Bonchev–Trinajstić information content (AvgIpc) is 2.35. The highest BCUT2D eigenvalue weighted by molar-refractivity contribution is 5.73. The van der Waals surface area contributed by atoms with E-state index in [1.54, 1.807) is 13.8 Å². The van der Waals surface area contributed by atoms with Crippen LogP contribution < -0.4 is 5.73 Å². The first-order valence-corrected chi connectivity index (χ1v) is 7.72. The van der Waals surface area contributed by atoms with Crippen LogP contribution in [-0.4, -0.2) is 24.3 Å². The molecular formula is C15H28F3NO2. The lowest BCUT2D eigenvalue weighted by atomic mass is 9.93. The van der Waals surface area contributed by atoms with Gasteiger partial charge in [-0.2, -0.15) is 13.2 Å². The first kappa shape index (κ1) is 20.2. The van der Waals surface area contributed by atoms with Crippen LogP contribution in [0.3, 0.4) is 0 Å². The number of rotatable bonds is 10. The van der Waals surface area contributed by atoms with Crippen molar-refractivity contribution in [3.05, 3.63) is 0 Å². The SMILES string of the molecule is CCCCCCCC[C@@H](C(=O)OC(C)C)[C@@H](N)C(F)(F)F. The van der Waals surface area contributed by atoms with Gasteiger partial charge in [-0.05, 0) is 20.3 Å². The van der Waals surface area contributed by atoms with E-state index < -0.39 is 30.2 Å². The summed E-state index contributed by atoms with van der Waals surface area (Å²) < 4.78 is 43.1. The van der Waals surface area contributed by atoms with Gasteiger partial charge in [0.25, 0.3) is 0 Å². The number of esters is 1. The molecule has 0 saturated carbocycles. The monoisotopic (exact) mass is 311 g/mol. The Morgan fingerprint density at radius 1 is 1.10 bits per heavy atom. The first-order valence-electron chi connectivity index (χ1n) is 7.72. The van der Waals surface area contributed by atoms with Crippen LogP contribution in [-0.2, 0) is 9.53 Å². The van der Waals surface area contributed by atoms with E-state index in [-0.39, 0.29) is 6.42 Å². The minimum atomic E-state index is -4.58. The van der Waals surface area contributed by atoms with Crippen LogP contribution in [0.4, 0.5) is 13.2 Å². The largest absolute Gasteiger partial charge is 0.463 e. The lowest BCUT2D eigenvalue weighted by Crippen LogP contribution is -2.47. The van der Waals surface area contributed by atoms with E-state index in [9.17, 15) is 18.0 Å². The van der Waals surface area contributed by atoms with Gasteiger partial charge in [0.05, 0.1) is 12.0 Å². The topological polar surface area (TPSA) is 52.3 Å². The summed E-state index contributed by atoms with van der Waals surface area (Å²) in [5.41, 5.74) is 5.21. The summed E-state index contributed by atoms with van der Waals surface area (Å²) in [6.07, 6.45) is 0.764. The fourth-order valence-corrected chi connectivity index (χ4v) is 2.14. The molecule has 0 spiro atoms. The highest BCUT2D eigenvalue weighted by Crippen LogP contribution is 2.28. The molecule has 0 saturated heterocycles. The van der Waals surface area contributed by atoms with Crippen molar-refractivity contribution in [2.24, 2.45) is 11.7 Å². The second kappa shape index (κ2) is 10.0. The summed E-state index contributed by atoms with van der Waals surface area (Å²) in [6.45, 7) is 5.32. The summed E-state index contributed by atoms with van der Waals surface area (Å²) in [4.78, 5) is 11.8. The number of hydrogen-bond donors (Lipinski definition) is 1. The Bertz CT molecular complexity index is 293. The molecule has 6 heteroatoms.